The third kappa shape index (κ3) is 4.53. The van der Waals surface area contributed by atoms with E-state index in [0.29, 0.717) is 23.9 Å². The molecule has 1 aromatic carbocycles. The predicted molar refractivity (Wildman–Crippen MR) is 88.9 cm³/mol. The van der Waals surface area contributed by atoms with Crippen molar-refractivity contribution in [2.75, 3.05) is 17.7 Å². The average molecular weight is 344 g/mol. The van der Waals surface area contributed by atoms with Gasteiger partial charge in [-0.05, 0) is 31.2 Å². The molecule has 1 unspecified atom stereocenters. The van der Waals surface area contributed by atoms with Crippen LogP contribution in [0.5, 0.6) is 5.75 Å². The van der Waals surface area contributed by atoms with Gasteiger partial charge in [-0.25, -0.2) is 0 Å². The van der Waals surface area contributed by atoms with E-state index in [0.717, 1.165) is 17.1 Å². The van der Waals surface area contributed by atoms with E-state index in [1.165, 1.54) is 0 Å². The van der Waals surface area contributed by atoms with Gasteiger partial charge in [-0.1, -0.05) is 11.6 Å². The van der Waals surface area contributed by atoms with Crippen LogP contribution >= 0.6 is 23.2 Å². The monoisotopic (exact) mass is 343 g/mol. The number of hydrogen-bond acceptors (Lipinski definition) is 4. The number of benzene rings is 1. The second-order valence-electron chi connectivity index (χ2n) is 5.02. The van der Waals surface area contributed by atoms with Crippen LogP contribution in [-0.2, 0) is 13.7 Å². The van der Waals surface area contributed by atoms with Crippen LogP contribution in [0.2, 0.25) is 5.02 Å². The van der Waals surface area contributed by atoms with Crippen LogP contribution in [0.25, 0.3) is 0 Å². The van der Waals surface area contributed by atoms with Gasteiger partial charge in [0.25, 0.3) is 0 Å². The Labute approximate surface area is 139 Å². The number of alkyl halides is 1. The number of nitrogens with one attached hydrogen (secondary N) is 1. The lowest BCUT2D eigenvalue weighted by molar-refractivity contribution is 0.211. The Morgan fingerprint density at radius 2 is 2.18 bits per heavy atom. The molecular formula is C15H19Cl2N3O2. The SMILES string of the molecule is Cc1cc(COc2ccc(NCC(O)CCl)cc2Cl)n(C)n1. The summed E-state index contributed by atoms with van der Waals surface area (Å²) < 4.78 is 7.51. The molecule has 0 amide bonds. The van der Waals surface area contributed by atoms with Gasteiger partial charge in [0, 0.05) is 19.3 Å². The second-order valence-corrected chi connectivity index (χ2v) is 5.74. The van der Waals surface area contributed by atoms with Gasteiger partial charge in [0.15, 0.2) is 0 Å². The van der Waals surface area contributed by atoms with Gasteiger partial charge < -0.3 is 15.2 Å². The first kappa shape index (κ1) is 16.9. The summed E-state index contributed by atoms with van der Waals surface area (Å²) in [7, 11) is 1.88. The lowest BCUT2D eigenvalue weighted by Gasteiger charge is -2.12. The maximum Gasteiger partial charge on any atom is 0.138 e. The van der Waals surface area contributed by atoms with Crippen molar-refractivity contribution in [2.24, 2.45) is 7.05 Å². The van der Waals surface area contributed by atoms with Crippen LogP contribution in [0, 0.1) is 6.92 Å². The van der Waals surface area contributed by atoms with E-state index in [-0.39, 0.29) is 5.88 Å². The number of hydrogen-bond donors (Lipinski definition) is 2. The van der Waals surface area contributed by atoms with Gasteiger partial charge in [-0.3, -0.25) is 4.68 Å². The summed E-state index contributed by atoms with van der Waals surface area (Å²) in [6, 6.07) is 7.36. The van der Waals surface area contributed by atoms with Crippen molar-refractivity contribution in [3.05, 3.63) is 40.7 Å². The molecule has 5 nitrogen and oxygen atoms in total. The van der Waals surface area contributed by atoms with E-state index in [1.54, 1.807) is 16.8 Å². The zero-order valence-corrected chi connectivity index (χ0v) is 14.0. The number of aliphatic hydroxyl groups is 1. The molecule has 2 rings (SSSR count). The highest BCUT2D eigenvalue weighted by Gasteiger charge is 2.07. The molecule has 2 aromatic rings. The topological polar surface area (TPSA) is 59.3 Å². The fourth-order valence-electron chi connectivity index (χ4n) is 1.97. The van der Waals surface area contributed by atoms with Crippen LogP contribution in [0.4, 0.5) is 5.69 Å². The molecule has 1 atom stereocenters. The quantitative estimate of drug-likeness (QED) is 0.758. The maximum absolute atomic E-state index is 9.42. The Bertz CT molecular complexity index is 631. The number of ether oxygens (including phenoxy) is 1. The Morgan fingerprint density at radius 1 is 1.41 bits per heavy atom. The van der Waals surface area contributed by atoms with Gasteiger partial charge in [0.1, 0.15) is 12.4 Å². The summed E-state index contributed by atoms with van der Waals surface area (Å²) >= 11 is 11.8. The summed E-state index contributed by atoms with van der Waals surface area (Å²) in [5, 5.41) is 17.3. The van der Waals surface area contributed by atoms with Crippen molar-refractivity contribution in [3.8, 4) is 5.75 Å². The molecule has 22 heavy (non-hydrogen) atoms. The molecular weight excluding hydrogens is 325 g/mol. The fraction of sp³-hybridized carbons (Fsp3) is 0.400. The van der Waals surface area contributed by atoms with Crippen LogP contribution in [0.15, 0.2) is 24.3 Å². The van der Waals surface area contributed by atoms with Crippen LogP contribution in [0.1, 0.15) is 11.4 Å². The highest BCUT2D eigenvalue weighted by molar-refractivity contribution is 6.32. The molecule has 0 aliphatic heterocycles. The van der Waals surface area contributed by atoms with E-state index >= 15 is 0 Å². The molecule has 0 saturated heterocycles. The van der Waals surface area contributed by atoms with Crippen LogP contribution < -0.4 is 10.1 Å². The molecule has 0 saturated carbocycles. The van der Waals surface area contributed by atoms with Gasteiger partial charge in [0.05, 0.1) is 28.4 Å². The van der Waals surface area contributed by atoms with Gasteiger partial charge >= 0.3 is 0 Å². The third-order valence-electron chi connectivity index (χ3n) is 3.13. The Kier molecular flexibility index (Phi) is 5.94. The molecule has 120 valence electrons. The van der Waals surface area contributed by atoms with Crippen LogP contribution in [0.3, 0.4) is 0 Å². The Morgan fingerprint density at radius 3 is 2.77 bits per heavy atom. The van der Waals surface area contributed by atoms with Crippen molar-refractivity contribution in [3.63, 3.8) is 0 Å². The largest absolute Gasteiger partial charge is 0.486 e. The zero-order valence-electron chi connectivity index (χ0n) is 12.5. The Hall–Kier alpha value is -1.43. The fourth-order valence-corrected chi connectivity index (χ4v) is 2.31. The first-order valence-electron chi connectivity index (χ1n) is 6.89. The Balaban J connectivity index is 1.96. The standard InChI is InChI=1S/C15H19Cl2N3O2/c1-10-5-12(20(2)19-10)9-22-15-4-3-11(6-14(15)17)18-8-13(21)7-16/h3-6,13,18,21H,7-9H2,1-2H3. The first-order chi connectivity index (χ1) is 10.5. The highest BCUT2D eigenvalue weighted by Crippen LogP contribution is 2.28. The van der Waals surface area contributed by atoms with Crippen molar-refractivity contribution in [2.45, 2.75) is 19.6 Å². The van der Waals surface area contributed by atoms with E-state index in [9.17, 15) is 5.11 Å². The van der Waals surface area contributed by atoms with E-state index in [4.69, 9.17) is 27.9 Å². The summed E-state index contributed by atoms with van der Waals surface area (Å²) in [4.78, 5) is 0. The molecule has 0 aliphatic rings. The lowest BCUT2D eigenvalue weighted by Crippen LogP contribution is -2.20. The average Bonchev–Trinajstić information content (AvgIpc) is 2.81. The normalized spacial score (nSPS) is 12.2. The van der Waals surface area contributed by atoms with Gasteiger partial charge in [-0.2, -0.15) is 5.10 Å². The minimum absolute atomic E-state index is 0.187. The van der Waals surface area contributed by atoms with Crippen molar-refractivity contribution >= 4 is 28.9 Å². The van der Waals surface area contributed by atoms with Gasteiger partial charge in [0.2, 0.25) is 0 Å². The molecule has 0 aliphatic carbocycles. The van der Waals surface area contributed by atoms with Crippen LogP contribution in [-0.4, -0.2) is 33.4 Å². The second kappa shape index (κ2) is 7.72. The van der Waals surface area contributed by atoms with E-state index in [2.05, 4.69) is 10.4 Å². The molecule has 0 bridgehead atoms. The molecule has 0 radical (unpaired) electrons. The number of rotatable bonds is 7. The van der Waals surface area contributed by atoms with Crippen molar-refractivity contribution in [1.82, 2.24) is 9.78 Å². The number of aliphatic hydroxyl groups excluding tert-OH is 1. The summed E-state index contributed by atoms with van der Waals surface area (Å²) in [5.74, 6) is 0.787. The first-order valence-corrected chi connectivity index (χ1v) is 7.80. The number of anilines is 1. The van der Waals surface area contributed by atoms with Gasteiger partial charge in [-0.15, -0.1) is 11.6 Å². The zero-order chi connectivity index (χ0) is 16.1. The highest BCUT2D eigenvalue weighted by atomic mass is 35.5. The number of aryl methyl sites for hydroxylation is 2. The lowest BCUT2D eigenvalue weighted by atomic mass is 10.3. The molecule has 7 heteroatoms. The van der Waals surface area contributed by atoms with Crippen molar-refractivity contribution in [1.29, 1.82) is 0 Å². The smallest absolute Gasteiger partial charge is 0.138 e. The van der Waals surface area contributed by atoms with E-state index in [1.807, 2.05) is 26.1 Å². The third-order valence-corrected chi connectivity index (χ3v) is 3.78. The van der Waals surface area contributed by atoms with Crippen molar-refractivity contribution < 1.29 is 9.84 Å². The molecule has 1 aromatic heterocycles. The molecule has 1 heterocycles. The van der Waals surface area contributed by atoms with E-state index < -0.39 is 6.10 Å². The minimum Gasteiger partial charge on any atom is -0.486 e. The minimum atomic E-state index is -0.593. The number of halogens is 2. The molecule has 0 fully saturated rings. The number of aromatic nitrogens is 2. The number of nitrogens with zero attached hydrogens (tertiary/aromatic N) is 2. The predicted octanol–water partition coefficient (Wildman–Crippen LogP) is 2.97. The maximum atomic E-state index is 9.42. The molecule has 2 N–H and O–H groups in total. The summed E-state index contributed by atoms with van der Waals surface area (Å²) in [5.41, 5.74) is 2.73. The summed E-state index contributed by atoms with van der Waals surface area (Å²) in [6.07, 6.45) is -0.593. The summed E-state index contributed by atoms with van der Waals surface area (Å²) in [6.45, 7) is 2.70. The molecule has 0 spiro atoms.